The van der Waals surface area contributed by atoms with Crippen LogP contribution in [0.4, 0.5) is 0 Å². The molecule has 1 saturated heterocycles. The summed E-state index contributed by atoms with van der Waals surface area (Å²) in [5.74, 6) is 1.50. The summed E-state index contributed by atoms with van der Waals surface area (Å²) in [7, 11) is 0. The fourth-order valence-corrected chi connectivity index (χ4v) is 4.59. The molecule has 1 aliphatic carbocycles. The highest BCUT2D eigenvalue weighted by Gasteiger charge is 2.37. The molecule has 0 aromatic carbocycles. The monoisotopic (exact) mass is 315 g/mol. The first-order valence-corrected chi connectivity index (χ1v) is 8.98. The third kappa shape index (κ3) is 2.47. The topological polar surface area (TPSA) is 49.0 Å². The van der Waals surface area contributed by atoms with Crippen molar-refractivity contribution in [1.82, 2.24) is 14.9 Å². The highest BCUT2D eigenvalue weighted by Crippen LogP contribution is 2.34. The van der Waals surface area contributed by atoms with E-state index in [-0.39, 0.29) is 5.92 Å². The summed E-state index contributed by atoms with van der Waals surface area (Å²) in [4.78, 5) is 23.6. The first kappa shape index (κ1) is 14.0. The number of aromatic amines is 1. The molecule has 2 aromatic rings. The molecule has 2 aromatic heterocycles. The van der Waals surface area contributed by atoms with Crippen LogP contribution in [-0.2, 0) is 4.79 Å². The van der Waals surface area contributed by atoms with Crippen LogP contribution >= 0.6 is 11.3 Å². The summed E-state index contributed by atoms with van der Waals surface area (Å²) in [5.41, 5.74) is 2.35. The number of aromatic nitrogens is 2. The van der Waals surface area contributed by atoms with Gasteiger partial charge < -0.3 is 9.88 Å². The molecule has 4 nitrogen and oxygen atoms in total. The largest absolute Gasteiger partial charge is 0.341 e. The first-order valence-electron chi connectivity index (χ1n) is 8.10. The molecule has 5 heteroatoms. The van der Waals surface area contributed by atoms with Gasteiger partial charge in [-0.25, -0.2) is 4.98 Å². The van der Waals surface area contributed by atoms with E-state index in [1.54, 1.807) is 11.3 Å². The molecule has 0 unspecified atom stereocenters. The van der Waals surface area contributed by atoms with Gasteiger partial charge in [0.1, 0.15) is 5.82 Å². The Hall–Kier alpha value is -1.62. The fourth-order valence-electron chi connectivity index (χ4n) is 3.73. The minimum atomic E-state index is 0.225. The number of hydrogen-bond donors (Lipinski definition) is 1. The molecule has 22 heavy (non-hydrogen) atoms. The summed E-state index contributed by atoms with van der Waals surface area (Å²) in [6.45, 7) is 2.94. The van der Waals surface area contributed by atoms with E-state index in [9.17, 15) is 4.79 Å². The highest BCUT2D eigenvalue weighted by atomic mass is 32.1. The second kappa shape index (κ2) is 5.54. The Morgan fingerprint density at radius 2 is 2.18 bits per heavy atom. The fraction of sp³-hybridized carbons (Fsp3) is 0.529. The molecule has 2 aliphatic rings. The number of hydrogen-bond acceptors (Lipinski definition) is 3. The highest BCUT2D eigenvalue weighted by molar-refractivity contribution is 7.13. The van der Waals surface area contributed by atoms with E-state index in [0.29, 0.717) is 18.4 Å². The number of thiophene rings is 1. The van der Waals surface area contributed by atoms with Crippen LogP contribution in [0.15, 0.2) is 17.6 Å². The second-order valence-electron chi connectivity index (χ2n) is 6.56. The zero-order chi connectivity index (χ0) is 15.1. The van der Waals surface area contributed by atoms with E-state index in [4.69, 9.17) is 0 Å². The maximum absolute atomic E-state index is 12.3. The number of H-pyrrole nitrogens is 1. The third-order valence-electron chi connectivity index (χ3n) is 4.90. The molecule has 3 heterocycles. The van der Waals surface area contributed by atoms with Crippen molar-refractivity contribution in [2.75, 3.05) is 6.54 Å². The Balaban J connectivity index is 1.51. The number of rotatable bonds is 3. The van der Waals surface area contributed by atoms with Gasteiger partial charge in [0, 0.05) is 24.9 Å². The van der Waals surface area contributed by atoms with E-state index < -0.39 is 0 Å². The Morgan fingerprint density at radius 1 is 1.36 bits per heavy atom. The number of carbonyl (C=O) groups excluding carboxylic acids is 1. The Kier molecular flexibility index (Phi) is 3.53. The Bertz CT molecular complexity index is 684. The maximum atomic E-state index is 12.3. The van der Waals surface area contributed by atoms with Crippen molar-refractivity contribution in [1.29, 1.82) is 0 Å². The van der Waals surface area contributed by atoms with Crippen LogP contribution in [0.3, 0.4) is 0 Å². The van der Waals surface area contributed by atoms with Gasteiger partial charge >= 0.3 is 0 Å². The van der Waals surface area contributed by atoms with Crippen molar-refractivity contribution >= 4 is 17.2 Å². The van der Waals surface area contributed by atoms with Gasteiger partial charge in [-0.15, -0.1) is 11.3 Å². The number of imidazole rings is 1. The summed E-state index contributed by atoms with van der Waals surface area (Å²) in [6.07, 6.45) is 7.40. The molecule has 2 fully saturated rings. The summed E-state index contributed by atoms with van der Waals surface area (Å²) in [6, 6.07) is 2.65. The van der Waals surface area contributed by atoms with Crippen molar-refractivity contribution in [2.45, 2.75) is 51.0 Å². The molecular weight excluding hydrogens is 294 g/mol. The lowest BCUT2D eigenvalue weighted by molar-refractivity contribution is -0.129. The second-order valence-corrected chi connectivity index (χ2v) is 7.47. The third-order valence-corrected chi connectivity index (χ3v) is 5.98. The lowest BCUT2D eigenvalue weighted by Crippen LogP contribution is -2.34. The predicted molar refractivity (Wildman–Crippen MR) is 88.0 cm³/mol. The maximum Gasteiger partial charge on any atom is 0.223 e. The van der Waals surface area contributed by atoms with E-state index in [1.807, 2.05) is 6.20 Å². The predicted octanol–water partition coefficient (Wildman–Crippen LogP) is 3.71. The lowest BCUT2D eigenvalue weighted by atomic mass is 10.1. The van der Waals surface area contributed by atoms with Gasteiger partial charge in [-0.2, -0.15) is 0 Å². The minimum Gasteiger partial charge on any atom is -0.341 e. The molecule has 1 saturated carbocycles. The summed E-state index contributed by atoms with van der Waals surface area (Å²) < 4.78 is 0. The normalized spacial score (nSPS) is 22.9. The molecule has 0 bridgehead atoms. The average molecular weight is 315 g/mol. The first-order chi connectivity index (χ1) is 10.7. The number of aryl methyl sites for hydroxylation is 1. The molecule has 1 N–H and O–H groups in total. The van der Waals surface area contributed by atoms with Crippen LogP contribution in [0.25, 0.3) is 10.6 Å². The van der Waals surface area contributed by atoms with Crippen molar-refractivity contribution in [3.8, 4) is 10.6 Å². The van der Waals surface area contributed by atoms with Gasteiger partial charge in [-0.05, 0) is 36.8 Å². The number of nitrogens with zero attached hydrogens (tertiary/aromatic N) is 2. The minimum absolute atomic E-state index is 0.225. The standard InChI is InChI=1S/C17H21N3OS/c1-11-6-15(22-10-11)14-8-18-17(19-14)12-7-16(21)20(9-12)13-4-2-3-5-13/h6,8,10,12-13H,2-5,7,9H2,1H3,(H,18,19)/t12-/m1/s1. The van der Waals surface area contributed by atoms with E-state index in [1.165, 1.54) is 36.1 Å². The number of nitrogens with one attached hydrogen (secondary N) is 1. The quantitative estimate of drug-likeness (QED) is 0.938. The van der Waals surface area contributed by atoms with Crippen LogP contribution in [0.1, 0.15) is 49.4 Å². The molecule has 4 rings (SSSR count). The van der Waals surface area contributed by atoms with Crippen molar-refractivity contribution in [2.24, 2.45) is 0 Å². The molecule has 1 atom stereocenters. The lowest BCUT2D eigenvalue weighted by Gasteiger charge is -2.23. The number of carbonyl (C=O) groups is 1. The summed E-state index contributed by atoms with van der Waals surface area (Å²) in [5, 5.41) is 2.15. The van der Waals surface area contributed by atoms with Crippen LogP contribution in [0.5, 0.6) is 0 Å². The summed E-state index contributed by atoms with van der Waals surface area (Å²) >= 11 is 1.73. The zero-order valence-corrected chi connectivity index (χ0v) is 13.7. The van der Waals surface area contributed by atoms with Crippen molar-refractivity contribution < 1.29 is 4.79 Å². The van der Waals surface area contributed by atoms with Gasteiger partial charge in [0.2, 0.25) is 5.91 Å². The van der Waals surface area contributed by atoms with Crippen LogP contribution < -0.4 is 0 Å². The van der Waals surface area contributed by atoms with Crippen molar-refractivity contribution in [3.05, 3.63) is 29.0 Å². The number of amides is 1. The van der Waals surface area contributed by atoms with E-state index >= 15 is 0 Å². The smallest absolute Gasteiger partial charge is 0.223 e. The van der Waals surface area contributed by atoms with Gasteiger partial charge in [0.05, 0.1) is 16.8 Å². The number of likely N-dealkylation sites (tertiary alicyclic amines) is 1. The Morgan fingerprint density at radius 3 is 2.91 bits per heavy atom. The molecule has 1 amide bonds. The zero-order valence-electron chi connectivity index (χ0n) is 12.8. The van der Waals surface area contributed by atoms with Crippen LogP contribution in [0.2, 0.25) is 0 Å². The van der Waals surface area contributed by atoms with Crippen LogP contribution in [0, 0.1) is 6.92 Å². The molecular formula is C17H21N3OS. The van der Waals surface area contributed by atoms with Crippen LogP contribution in [-0.4, -0.2) is 33.4 Å². The molecule has 0 spiro atoms. The molecule has 0 radical (unpaired) electrons. The SMILES string of the molecule is Cc1csc(-c2cnc([C@@H]3CC(=O)N(C4CCCC4)C3)[nH]2)c1. The van der Waals surface area contributed by atoms with Gasteiger partial charge in [-0.1, -0.05) is 12.8 Å². The van der Waals surface area contributed by atoms with E-state index in [0.717, 1.165) is 18.1 Å². The van der Waals surface area contributed by atoms with Gasteiger partial charge in [-0.3, -0.25) is 4.79 Å². The molecule has 116 valence electrons. The van der Waals surface area contributed by atoms with Crippen molar-refractivity contribution in [3.63, 3.8) is 0 Å². The van der Waals surface area contributed by atoms with E-state index in [2.05, 4.69) is 33.2 Å². The molecule has 1 aliphatic heterocycles. The average Bonchev–Trinajstić information content (AvgIpc) is 3.24. The van der Waals surface area contributed by atoms with Gasteiger partial charge in [0.15, 0.2) is 0 Å². The Labute approximate surface area is 134 Å². The van der Waals surface area contributed by atoms with Gasteiger partial charge in [0.25, 0.3) is 0 Å².